The van der Waals surface area contributed by atoms with Crippen LogP contribution < -0.4 is 5.56 Å². The van der Waals surface area contributed by atoms with Gasteiger partial charge in [-0.1, -0.05) is 20.3 Å². The molecule has 112 valence electrons. The van der Waals surface area contributed by atoms with Crippen molar-refractivity contribution in [3.8, 4) is 0 Å². The predicted octanol–water partition coefficient (Wildman–Crippen LogP) is 3.39. The maximum Gasteiger partial charge on any atom is 0.252 e. The van der Waals surface area contributed by atoms with Gasteiger partial charge in [-0.2, -0.15) is 0 Å². The molecule has 20 heavy (non-hydrogen) atoms. The number of hydrogen-bond donors (Lipinski definition) is 1. The summed E-state index contributed by atoms with van der Waals surface area (Å²) in [5.74, 6) is 0.790. The van der Waals surface area contributed by atoms with E-state index in [1.165, 1.54) is 25.7 Å². The van der Waals surface area contributed by atoms with Crippen LogP contribution in [0.3, 0.4) is 0 Å². The smallest absolute Gasteiger partial charge is 0.252 e. The van der Waals surface area contributed by atoms with Crippen molar-refractivity contribution >= 4 is 0 Å². The fraction of sp³-hybridized carbons (Fsp3) is 0.706. The van der Waals surface area contributed by atoms with E-state index >= 15 is 0 Å². The normalized spacial score (nSPS) is 24.0. The number of nitrogens with one attached hydrogen (secondary N) is 1. The number of aromatic amines is 1. The summed E-state index contributed by atoms with van der Waals surface area (Å²) in [6.07, 6.45) is 5.03. The molecule has 2 atom stereocenters. The molecule has 0 aromatic carbocycles. The van der Waals surface area contributed by atoms with Gasteiger partial charge in [-0.05, 0) is 57.2 Å². The van der Waals surface area contributed by atoms with Crippen LogP contribution in [0.2, 0.25) is 0 Å². The Balaban J connectivity index is 2.22. The molecular weight excluding hydrogens is 248 g/mol. The second-order valence-electron chi connectivity index (χ2n) is 6.20. The number of rotatable bonds is 4. The molecule has 1 aromatic heterocycles. The third kappa shape index (κ3) is 3.14. The van der Waals surface area contributed by atoms with Crippen LogP contribution in [0.5, 0.6) is 0 Å². The lowest BCUT2D eigenvalue weighted by Gasteiger charge is -2.41. The molecule has 1 aromatic rings. The first kappa shape index (κ1) is 15.3. The number of pyridine rings is 1. The molecule has 1 fully saturated rings. The molecule has 2 heterocycles. The topological polar surface area (TPSA) is 36.1 Å². The third-order valence-corrected chi connectivity index (χ3v) is 4.83. The largest absolute Gasteiger partial charge is 0.326 e. The number of nitrogens with zero attached hydrogens (tertiary/aromatic N) is 1. The zero-order valence-corrected chi connectivity index (χ0v) is 13.3. The van der Waals surface area contributed by atoms with Gasteiger partial charge in [0.05, 0.1) is 0 Å². The van der Waals surface area contributed by atoms with Crippen LogP contribution in [-0.2, 0) is 6.54 Å². The van der Waals surface area contributed by atoms with Gasteiger partial charge in [0.1, 0.15) is 0 Å². The first-order valence-electron chi connectivity index (χ1n) is 8.00. The average Bonchev–Trinajstić information content (AvgIpc) is 2.42. The van der Waals surface area contributed by atoms with Crippen LogP contribution in [0, 0.1) is 19.8 Å². The van der Waals surface area contributed by atoms with Crippen molar-refractivity contribution in [3.05, 3.63) is 33.2 Å². The van der Waals surface area contributed by atoms with Crippen molar-refractivity contribution in [1.82, 2.24) is 9.88 Å². The predicted molar refractivity (Wildman–Crippen MR) is 84.0 cm³/mol. The van der Waals surface area contributed by atoms with Crippen molar-refractivity contribution < 1.29 is 0 Å². The van der Waals surface area contributed by atoms with Crippen LogP contribution in [0.4, 0.5) is 0 Å². The van der Waals surface area contributed by atoms with E-state index < -0.39 is 0 Å². The molecular formula is C17H28N2O. The maximum absolute atomic E-state index is 12.2. The molecule has 0 saturated carbocycles. The average molecular weight is 276 g/mol. The summed E-state index contributed by atoms with van der Waals surface area (Å²) < 4.78 is 0. The Morgan fingerprint density at radius 1 is 1.30 bits per heavy atom. The highest BCUT2D eigenvalue weighted by Crippen LogP contribution is 2.29. The summed E-state index contributed by atoms with van der Waals surface area (Å²) in [5.41, 5.74) is 3.12. The van der Waals surface area contributed by atoms with Gasteiger partial charge in [0.25, 0.3) is 5.56 Å². The molecule has 0 bridgehead atoms. The van der Waals surface area contributed by atoms with E-state index in [1.54, 1.807) is 0 Å². The minimum Gasteiger partial charge on any atom is -0.326 e. The van der Waals surface area contributed by atoms with Crippen molar-refractivity contribution in [2.24, 2.45) is 5.92 Å². The summed E-state index contributed by atoms with van der Waals surface area (Å²) >= 11 is 0. The van der Waals surface area contributed by atoms with Crippen molar-refractivity contribution in [2.45, 2.75) is 66.0 Å². The molecule has 3 heteroatoms. The number of aromatic nitrogens is 1. The van der Waals surface area contributed by atoms with Crippen molar-refractivity contribution in [2.75, 3.05) is 6.54 Å². The first-order valence-corrected chi connectivity index (χ1v) is 8.00. The molecule has 0 amide bonds. The van der Waals surface area contributed by atoms with Gasteiger partial charge in [-0.25, -0.2) is 0 Å². The van der Waals surface area contributed by atoms with Crippen LogP contribution >= 0.6 is 0 Å². The lowest BCUT2D eigenvalue weighted by Crippen LogP contribution is -2.45. The molecule has 1 aliphatic rings. The van der Waals surface area contributed by atoms with Crippen molar-refractivity contribution in [1.29, 1.82) is 0 Å². The number of likely N-dealkylation sites (tertiary alicyclic amines) is 1. The minimum absolute atomic E-state index is 0.0935. The summed E-state index contributed by atoms with van der Waals surface area (Å²) in [6.45, 7) is 10.5. The Morgan fingerprint density at radius 3 is 2.65 bits per heavy atom. The lowest BCUT2D eigenvalue weighted by molar-refractivity contribution is 0.0793. The van der Waals surface area contributed by atoms with E-state index in [0.29, 0.717) is 6.04 Å². The molecule has 1 saturated heterocycles. The molecule has 1 N–H and O–H groups in total. The lowest BCUT2D eigenvalue weighted by atomic mass is 9.85. The van der Waals surface area contributed by atoms with Gasteiger partial charge in [-0.3, -0.25) is 9.69 Å². The Bertz CT molecular complexity index is 506. The van der Waals surface area contributed by atoms with Gasteiger partial charge in [-0.15, -0.1) is 0 Å². The summed E-state index contributed by atoms with van der Waals surface area (Å²) in [6, 6.07) is 2.72. The first-order chi connectivity index (χ1) is 9.56. The zero-order chi connectivity index (χ0) is 14.7. The standard InChI is InChI=1S/C17H28N2O/c1-5-14-8-7-9-19(16(14)6-2)11-15-12(3)10-13(4)18-17(15)20/h10,14,16H,5-9,11H2,1-4H3,(H,18,20). The number of H-pyrrole nitrogens is 1. The van der Waals surface area contributed by atoms with E-state index in [4.69, 9.17) is 0 Å². The summed E-state index contributed by atoms with van der Waals surface area (Å²) in [5, 5.41) is 0. The highest BCUT2D eigenvalue weighted by atomic mass is 16.1. The second-order valence-corrected chi connectivity index (χ2v) is 6.20. The molecule has 0 spiro atoms. The highest BCUT2D eigenvalue weighted by Gasteiger charge is 2.29. The zero-order valence-electron chi connectivity index (χ0n) is 13.3. The quantitative estimate of drug-likeness (QED) is 0.915. The molecule has 2 rings (SSSR count). The van der Waals surface area contributed by atoms with Gasteiger partial charge in [0.15, 0.2) is 0 Å². The van der Waals surface area contributed by atoms with Crippen LogP contribution in [0.1, 0.15) is 56.4 Å². The summed E-state index contributed by atoms with van der Waals surface area (Å²) in [7, 11) is 0. The Labute approximate surface area is 122 Å². The fourth-order valence-corrected chi connectivity index (χ4v) is 3.76. The van der Waals surface area contributed by atoms with Crippen LogP contribution in [0.25, 0.3) is 0 Å². The molecule has 3 nitrogen and oxygen atoms in total. The third-order valence-electron chi connectivity index (χ3n) is 4.83. The SMILES string of the molecule is CCC1CCCN(Cc2c(C)cc(C)[nH]c2=O)C1CC. The monoisotopic (exact) mass is 276 g/mol. The van der Waals surface area contributed by atoms with Crippen LogP contribution in [0.15, 0.2) is 10.9 Å². The van der Waals surface area contributed by atoms with Gasteiger partial charge in [0, 0.05) is 23.8 Å². The molecule has 0 aliphatic carbocycles. The Hall–Kier alpha value is -1.09. The van der Waals surface area contributed by atoms with Gasteiger partial charge >= 0.3 is 0 Å². The summed E-state index contributed by atoms with van der Waals surface area (Å²) in [4.78, 5) is 17.7. The van der Waals surface area contributed by atoms with Gasteiger partial charge < -0.3 is 4.98 Å². The molecule has 1 aliphatic heterocycles. The van der Waals surface area contributed by atoms with E-state index in [0.717, 1.165) is 35.8 Å². The number of piperidine rings is 1. The molecule has 2 unspecified atom stereocenters. The van der Waals surface area contributed by atoms with E-state index in [9.17, 15) is 4.79 Å². The Kier molecular flexibility index (Phi) is 5.03. The maximum atomic E-state index is 12.2. The Morgan fingerprint density at radius 2 is 2.05 bits per heavy atom. The molecule has 0 radical (unpaired) electrons. The highest BCUT2D eigenvalue weighted by molar-refractivity contribution is 5.25. The number of aryl methyl sites for hydroxylation is 2. The van der Waals surface area contributed by atoms with Crippen LogP contribution in [-0.4, -0.2) is 22.5 Å². The fourth-order valence-electron chi connectivity index (χ4n) is 3.76. The minimum atomic E-state index is 0.0935. The van der Waals surface area contributed by atoms with Crippen molar-refractivity contribution in [3.63, 3.8) is 0 Å². The number of hydrogen-bond acceptors (Lipinski definition) is 2. The van der Waals surface area contributed by atoms with E-state index in [1.807, 2.05) is 6.92 Å². The second kappa shape index (κ2) is 6.57. The van der Waals surface area contributed by atoms with E-state index in [-0.39, 0.29) is 5.56 Å². The van der Waals surface area contributed by atoms with Gasteiger partial charge in [0.2, 0.25) is 0 Å². The van der Waals surface area contributed by atoms with E-state index in [2.05, 4.69) is 36.7 Å².